The van der Waals surface area contributed by atoms with Gasteiger partial charge in [0, 0.05) is 24.2 Å². The molecule has 106 valence electrons. The van der Waals surface area contributed by atoms with Crippen LogP contribution in [0.15, 0.2) is 6.07 Å². The van der Waals surface area contributed by atoms with Gasteiger partial charge in [0.05, 0.1) is 0 Å². The molecule has 0 aliphatic heterocycles. The van der Waals surface area contributed by atoms with E-state index in [1.165, 1.54) is 25.7 Å². The zero-order valence-corrected chi connectivity index (χ0v) is 12.8. The minimum atomic E-state index is 0.504. The molecule has 1 fully saturated rings. The van der Waals surface area contributed by atoms with Gasteiger partial charge in [0.1, 0.15) is 11.6 Å². The standard InChI is InChI=1S/C16H27N3/c1-5-10-17-14-11-12(2)18-15(19-14)13-6-8-16(3,4)9-7-13/h11,13H,5-10H2,1-4H3,(H,17,18,19). The molecule has 3 heteroatoms. The molecule has 19 heavy (non-hydrogen) atoms. The van der Waals surface area contributed by atoms with Crippen LogP contribution in [0.25, 0.3) is 0 Å². The number of aryl methyl sites for hydroxylation is 1. The topological polar surface area (TPSA) is 37.8 Å². The van der Waals surface area contributed by atoms with Gasteiger partial charge >= 0.3 is 0 Å². The molecule has 0 amide bonds. The van der Waals surface area contributed by atoms with E-state index in [1.807, 2.05) is 6.07 Å². The van der Waals surface area contributed by atoms with E-state index in [0.717, 1.165) is 30.3 Å². The van der Waals surface area contributed by atoms with Crippen LogP contribution < -0.4 is 5.32 Å². The Morgan fingerprint density at radius 2 is 1.95 bits per heavy atom. The Hall–Kier alpha value is -1.12. The Morgan fingerprint density at radius 1 is 1.26 bits per heavy atom. The smallest absolute Gasteiger partial charge is 0.134 e. The van der Waals surface area contributed by atoms with Crippen molar-refractivity contribution >= 4 is 5.82 Å². The van der Waals surface area contributed by atoms with Gasteiger partial charge in [-0.05, 0) is 44.4 Å². The van der Waals surface area contributed by atoms with Crippen LogP contribution >= 0.6 is 0 Å². The first-order valence-electron chi connectivity index (χ1n) is 7.59. The van der Waals surface area contributed by atoms with Crippen LogP contribution in [0, 0.1) is 12.3 Å². The Bertz CT molecular complexity index is 416. The van der Waals surface area contributed by atoms with Crippen LogP contribution in [0.2, 0.25) is 0 Å². The van der Waals surface area contributed by atoms with Crippen LogP contribution in [0.1, 0.15) is 70.3 Å². The summed E-state index contributed by atoms with van der Waals surface area (Å²) in [5.74, 6) is 2.60. The van der Waals surface area contributed by atoms with Crippen molar-refractivity contribution in [1.82, 2.24) is 9.97 Å². The van der Waals surface area contributed by atoms with Crippen molar-refractivity contribution in [3.8, 4) is 0 Å². The van der Waals surface area contributed by atoms with E-state index in [9.17, 15) is 0 Å². The summed E-state index contributed by atoms with van der Waals surface area (Å²) in [5.41, 5.74) is 1.58. The van der Waals surface area contributed by atoms with Crippen molar-refractivity contribution in [3.63, 3.8) is 0 Å². The van der Waals surface area contributed by atoms with Crippen LogP contribution in [0.3, 0.4) is 0 Å². The predicted molar refractivity (Wildman–Crippen MR) is 80.5 cm³/mol. The largest absolute Gasteiger partial charge is 0.370 e. The average molecular weight is 261 g/mol. The zero-order chi connectivity index (χ0) is 13.9. The van der Waals surface area contributed by atoms with Gasteiger partial charge in [-0.15, -0.1) is 0 Å². The minimum absolute atomic E-state index is 0.504. The van der Waals surface area contributed by atoms with Crippen molar-refractivity contribution in [1.29, 1.82) is 0 Å². The third-order valence-electron chi connectivity index (χ3n) is 4.13. The highest BCUT2D eigenvalue weighted by Gasteiger charge is 2.29. The van der Waals surface area contributed by atoms with Gasteiger partial charge in [0.25, 0.3) is 0 Å². The highest BCUT2D eigenvalue weighted by Crippen LogP contribution is 2.41. The van der Waals surface area contributed by atoms with Gasteiger partial charge in [0.2, 0.25) is 0 Å². The molecule has 2 rings (SSSR count). The lowest BCUT2D eigenvalue weighted by molar-refractivity contribution is 0.220. The fourth-order valence-corrected chi connectivity index (χ4v) is 2.78. The number of aromatic nitrogens is 2. The molecule has 0 radical (unpaired) electrons. The average Bonchev–Trinajstić information content (AvgIpc) is 2.35. The van der Waals surface area contributed by atoms with Crippen molar-refractivity contribution in [3.05, 3.63) is 17.6 Å². The summed E-state index contributed by atoms with van der Waals surface area (Å²) >= 11 is 0. The maximum absolute atomic E-state index is 4.72. The van der Waals surface area contributed by atoms with Crippen molar-refractivity contribution in [2.45, 2.75) is 65.7 Å². The lowest BCUT2D eigenvalue weighted by Gasteiger charge is -2.33. The van der Waals surface area contributed by atoms with Crippen molar-refractivity contribution < 1.29 is 0 Å². The van der Waals surface area contributed by atoms with Gasteiger partial charge in [-0.2, -0.15) is 0 Å². The second-order valence-corrected chi connectivity index (χ2v) is 6.62. The second-order valence-electron chi connectivity index (χ2n) is 6.62. The summed E-state index contributed by atoms with van der Waals surface area (Å²) in [4.78, 5) is 9.38. The van der Waals surface area contributed by atoms with Gasteiger partial charge < -0.3 is 5.32 Å². The van der Waals surface area contributed by atoms with Gasteiger partial charge in [-0.3, -0.25) is 0 Å². The van der Waals surface area contributed by atoms with Crippen molar-refractivity contribution in [2.75, 3.05) is 11.9 Å². The van der Waals surface area contributed by atoms with Gasteiger partial charge in [0.15, 0.2) is 0 Å². The predicted octanol–water partition coefficient (Wildman–Crippen LogP) is 4.29. The van der Waals surface area contributed by atoms with Crippen LogP contribution in [-0.2, 0) is 0 Å². The molecular formula is C16H27N3. The molecule has 0 bridgehead atoms. The molecule has 1 heterocycles. The van der Waals surface area contributed by atoms with E-state index in [2.05, 4.69) is 38.0 Å². The molecule has 1 N–H and O–H groups in total. The molecule has 0 unspecified atom stereocenters. The zero-order valence-electron chi connectivity index (χ0n) is 12.8. The molecule has 0 spiro atoms. The second kappa shape index (κ2) is 5.89. The summed E-state index contributed by atoms with van der Waals surface area (Å²) < 4.78 is 0. The molecule has 1 saturated carbocycles. The van der Waals surface area contributed by atoms with E-state index in [1.54, 1.807) is 0 Å². The lowest BCUT2D eigenvalue weighted by Crippen LogP contribution is -2.21. The van der Waals surface area contributed by atoms with Gasteiger partial charge in [-0.1, -0.05) is 20.8 Å². The number of hydrogen-bond acceptors (Lipinski definition) is 3. The summed E-state index contributed by atoms with van der Waals surface area (Å²) in [6, 6.07) is 2.05. The monoisotopic (exact) mass is 261 g/mol. The third kappa shape index (κ3) is 3.92. The third-order valence-corrected chi connectivity index (χ3v) is 4.13. The van der Waals surface area contributed by atoms with E-state index in [-0.39, 0.29) is 0 Å². The molecule has 1 aromatic heterocycles. The SMILES string of the molecule is CCCNc1cc(C)nc(C2CCC(C)(C)CC2)n1. The van der Waals surface area contributed by atoms with Crippen LogP contribution in [-0.4, -0.2) is 16.5 Å². The summed E-state index contributed by atoms with van der Waals surface area (Å²) in [5, 5.41) is 3.38. The molecule has 0 saturated heterocycles. The Labute approximate surface area is 117 Å². The number of anilines is 1. The summed E-state index contributed by atoms with van der Waals surface area (Å²) in [6.45, 7) is 9.96. The Balaban J connectivity index is 2.09. The normalized spacial score (nSPS) is 19.4. The highest BCUT2D eigenvalue weighted by atomic mass is 15.0. The maximum atomic E-state index is 4.72. The molecular weight excluding hydrogens is 234 g/mol. The van der Waals surface area contributed by atoms with E-state index in [4.69, 9.17) is 4.98 Å². The Kier molecular flexibility index (Phi) is 4.43. The first-order chi connectivity index (χ1) is 9.00. The highest BCUT2D eigenvalue weighted by molar-refractivity contribution is 5.36. The number of nitrogens with zero attached hydrogens (tertiary/aromatic N) is 2. The fraction of sp³-hybridized carbons (Fsp3) is 0.750. The molecule has 1 aliphatic rings. The Morgan fingerprint density at radius 3 is 2.58 bits per heavy atom. The first-order valence-corrected chi connectivity index (χ1v) is 7.59. The van der Waals surface area contributed by atoms with E-state index >= 15 is 0 Å². The molecule has 3 nitrogen and oxygen atoms in total. The lowest BCUT2D eigenvalue weighted by atomic mass is 9.73. The first kappa shape index (κ1) is 14.3. The number of hydrogen-bond donors (Lipinski definition) is 1. The van der Waals surface area contributed by atoms with Crippen LogP contribution in [0.4, 0.5) is 5.82 Å². The van der Waals surface area contributed by atoms with E-state index in [0.29, 0.717) is 11.3 Å². The molecule has 1 aliphatic carbocycles. The van der Waals surface area contributed by atoms with Crippen molar-refractivity contribution in [2.24, 2.45) is 5.41 Å². The fourth-order valence-electron chi connectivity index (χ4n) is 2.78. The van der Waals surface area contributed by atoms with E-state index < -0.39 is 0 Å². The number of nitrogens with one attached hydrogen (secondary N) is 1. The van der Waals surface area contributed by atoms with Crippen LogP contribution in [0.5, 0.6) is 0 Å². The quantitative estimate of drug-likeness (QED) is 0.878. The molecule has 1 aromatic rings. The molecule has 0 atom stereocenters. The van der Waals surface area contributed by atoms with Gasteiger partial charge in [-0.25, -0.2) is 9.97 Å². The summed E-state index contributed by atoms with van der Waals surface area (Å²) in [7, 11) is 0. The number of rotatable bonds is 4. The maximum Gasteiger partial charge on any atom is 0.134 e. The molecule has 0 aromatic carbocycles. The summed E-state index contributed by atoms with van der Waals surface area (Å²) in [6.07, 6.45) is 6.14. The minimum Gasteiger partial charge on any atom is -0.370 e.